The quantitative estimate of drug-likeness (QED) is 0.692. The minimum Gasteiger partial charge on any atom is -0.444 e. The molecule has 7 heteroatoms. The Morgan fingerprint density at radius 2 is 1.90 bits per heavy atom. The Morgan fingerprint density at radius 3 is 2.48 bits per heavy atom. The number of hydrogen-bond donors (Lipinski definition) is 0. The highest BCUT2D eigenvalue weighted by Crippen LogP contribution is 2.35. The molecule has 0 bridgehead atoms. The smallest absolute Gasteiger partial charge is 0.410 e. The van der Waals surface area contributed by atoms with Crippen LogP contribution in [-0.4, -0.2) is 64.6 Å². The van der Waals surface area contributed by atoms with E-state index >= 15 is 0 Å². The minimum absolute atomic E-state index is 0.00491. The lowest BCUT2D eigenvalue weighted by molar-refractivity contribution is -0.193. The van der Waals surface area contributed by atoms with Crippen molar-refractivity contribution in [3.8, 4) is 0 Å². The van der Waals surface area contributed by atoms with Crippen LogP contribution in [0.5, 0.6) is 0 Å². The van der Waals surface area contributed by atoms with Gasteiger partial charge in [-0.2, -0.15) is 0 Å². The number of halogens is 1. The van der Waals surface area contributed by atoms with E-state index in [1.165, 1.54) is 0 Å². The molecule has 0 radical (unpaired) electrons. The summed E-state index contributed by atoms with van der Waals surface area (Å²) in [6.45, 7) is 7.78. The van der Waals surface area contributed by atoms with E-state index in [0.29, 0.717) is 51.3 Å². The molecule has 2 fully saturated rings. The van der Waals surface area contributed by atoms with E-state index in [1.54, 1.807) is 4.90 Å². The number of amides is 2. The standard InChI is InChI=1S/C22H31ClN2O4/c1-21(2,3)29-20(27)24-13-10-22(11-14-24)16-25(15-17-7-5-4-6-8-17)19(26)18(28-22)9-12-23/h4-8,18H,9-16H2,1-3H3. The lowest BCUT2D eigenvalue weighted by Gasteiger charge is -2.49. The maximum atomic E-state index is 12.9. The van der Waals surface area contributed by atoms with Gasteiger partial charge in [0, 0.05) is 25.5 Å². The van der Waals surface area contributed by atoms with Gasteiger partial charge in [0.1, 0.15) is 11.7 Å². The Balaban J connectivity index is 1.69. The van der Waals surface area contributed by atoms with Crippen LogP contribution < -0.4 is 0 Å². The fraction of sp³-hybridized carbons (Fsp3) is 0.636. The predicted octanol–water partition coefficient (Wildman–Crippen LogP) is 3.81. The first-order valence-electron chi connectivity index (χ1n) is 10.3. The molecule has 2 aliphatic heterocycles. The summed E-state index contributed by atoms with van der Waals surface area (Å²) in [6, 6.07) is 9.97. The van der Waals surface area contributed by atoms with Crippen molar-refractivity contribution >= 4 is 23.6 Å². The highest BCUT2D eigenvalue weighted by Gasteiger charge is 2.47. The fourth-order valence-electron chi connectivity index (χ4n) is 3.94. The zero-order chi connectivity index (χ0) is 21.1. The Kier molecular flexibility index (Phi) is 6.74. The molecule has 1 spiro atoms. The number of alkyl halides is 1. The first kappa shape index (κ1) is 21.9. The van der Waals surface area contributed by atoms with Crippen LogP contribution in [0.1, 0.15) is 45.6 Å². The molecule has 1 unspecified atom stereocenters. The molecule has 2 amide bonds. The Hall–Kier alpha value is -1.79. The van der Waals surface area contributed by atoms with E-state index in [4.69, 9.17) is 21.1 Å². The molecule has 0 aromatic heterocycles. The number of benzene rings is 1. The molecular weight excluding hydrogens is 392 g/mol. The predicted molar refractivity (Wildman–Crippen MR) is 112 cm³/mol. The van der Waals surface area contributed by atoms with Crippen LogP contribution in [0.25, 0.3) is 0 Å². The molecule has 3 rings (SSSR count). The van der Waals surface area contributed by atoms with Crippen molar-refractivity contribution in [3.63, 3.8) is 0 Å². The number of carbonyl (C=O) groups is 2. The van der Waals surface area contributed by atoms with Gasteiger partial charge in [-0.05, 0) is 45.6 Å². The lowest BCUT2D eigenvalue weighted by Crippen LogP contribution is -2.62. The highest BCUT2D eigenvalue weighted by molar-refractivity contribution is 6.18. The maximum Gasteiger partial charge on any atom is 0.410 e. The third-order valence-electron chi connectivity index (χ3n) is 5.37. The second-order valence-electron chi connectivity index (χ2n) is 8.91. The molecule has 1 atom stereocenters. The monoisotopic (exact) mass is 422 g/mol. The van der Waals surface area contributed by atoms with E-state index < -0.39 is 17.3 Å². The summed E-state index contributed by atoms with van der Waals surface area (Å²) in [7, 11) is 0. The molecule has 0 aliphatic carbocycles. The molecule has 0 N–H and O–H groups in total. The molecule has 2 saturated heterocycles. The lowest BCUT2D eigenvalue weighted by atomic mass is 9.88. The van der Waals surface area contributed by atoms with Crippen LogP contribution >= 0.6 is 11.6 Å². The van der Waals surface area contributed by atoms with Crippen molar-refractivity contribution < 1.29 is 19.1 Å². The fourth-order valence-corrected chi connectivity index (χ4v) is 4.14. The first-order chi connectivity index (χ1) is 13.7. The van der Waals surface area contributed by atoms with E-state index in [2.05, 4.69) is 0 Å². The van der Waals surface area contributed by atoms with Crippen LogP contribution in [0, 0.1) is 0 Å². The van der Waals surface area contributed by atoms with Gasteiger partial charge >= 0.3 is 6.09 Å². The molecule has 6 nitrogen and oxygen atoms in total. The number of rotatable bonds is 4. The van der Waals surface area contributed by atoms with Crippen LogP contribution in [0.15, 0.2) is 30.3 Å². The van der Waals surface area contributed by atoms with Crippen LogP contribution in [0.2, 0.25) is 0 Å². The van der Waals surface area contributed by atoms with E-state index in [9.17, 15) is 9.59 Å². The van der Waals surface area contributed by atoms with Crippen molar-refractivity contribution in [3.05, 3.63) is 35.9 Å². The average molecular weight is 423 g/mol. The number of morpholine rings is 1. The Morgan fingerprint density at radius 1 is 1.24 bits per heavy atom. The number of nitrogens with zero attached hydrogens (tertiary/aromatic N) is 2. The number of ether oxygens (including phenoxy) is 2. The van der Waals surface area contributed by atoms with Gasteiger partial charge < -0.3 is 19.3 Å². The van der Waals surface area contributed by atoms with Crippen molar-refractivity contribution in [1.82, 2.24) is 9.80 Å². The SMILES string of the molecule is CC(C)(C)OC(=O)N1CCC2(CC1)CN(Cc1ccccc1)C(=O)C(CCCl)O2. The van der Waals surface area contributed by atoms with Crippen molar-refractivity contribution in [1.29, 1.82) is 0 Å². The highest BCUT2D eigenvalue weighted by atomic mass is 35.5. The Labute approximate surface area is 178 Å². The first-order valence-corrected chi connectivity index (χ1v) is 10.8. The van der Waals surface area contributed by atoms with Crippen molar-refractivity contribution in [2.24, 2.45) is 0 Å². The van der Waals surface area contributed by atoms with Gasteiger partial charge in [-0.15, -0.1) is 11.6 Å². The number of hydrogen-bond acceptors (Lipinski definition) is 4. The molecule has 160 valence electrons. The van der Waals surface area contributed by atoms with Crippen LogP contribution in [0.3, 0.4) is 0 Å². The second-order valence-corrected chi connectivity index (χ2v) is 9.29. The number of likely N-dealkylation sites (tertiary alicyclic amines) is 1. The van der Waals surface area contributed by atoms with E-state index in [-0.39, 0.29) is 12.0 Å². The van der Waals surface area contributed by atoms with Gasteiger partial charge in [0.25, 0.3) is 5.91 Å². The van der Waals surface area contributed by atoms with E-state index in [0.717, 1.165) is 5.56 Å². The second kappa shape index (κ2) is 8.92. The van der Waals surface area contributed by atoms with Crippen LogP contribution in [-0.2, 0) is 20.8 Å². The molecule has 0 saturated carbocycles. The van der Waals surface area contributed by atoms with E-state index in [1.807, 2.05) is 56.0 Å². The summed E-state index contributed by atoms with van der Waals surface area (Å²) in [6.07, 6.45) is 1.01. The molecule has 2 heterocycles. The molecule has 1 aromatic carbocycles. The third-order valence-corrected chi connectivity index (χ3v) is 5.59. The zero-order valence-corrected chi connectivity index (χ0v) is 18.3. The van der Waals surface area contributed by atoms with Crippen molar-refractivity contribution in [2.75, 3.05) is 25.5 Å². The zero-order valence-electron chi connectivity index (χ0n) is 17.5. The summed E-state index contributed by atoms with van der Waals surface area (Å²) < 4.78 is 11.8. The summed E-state index contributed by atoms with van der Waals surface area (Å²) in [4.78, 5) is 28.9. The van der Waals surface area contributed by atoms with Gasteiger partial charge in [-0.3, -0.25) is 4.79 Å². The van der Waals surface area contributed by atoms with Gasteiger partial charge in [0.05, 0.1) is 12.1 Å². The molecule has 1 aromatic rings. The summed E-state index contributed by atoms with van der Waals surface area (Å²) in [5.41, 5.74) is 0.129. The topological polar surface area (TPSA) is 59.1 Å². The summed E-state index contributed by atoms with van der Waals surface area (Å²) in [5, 5.41) is 0. The van der Waals surface area contributed by atoms with Gasteiger partial charge in [-0.25, -0.2) is 4.79 Å². The average Bonchev–Trinajstić information content (AvgIpc) is 2.66. The third kappa shape index (κ3) is 5.64. The Bertz CT molecular complexity index is 711. The summed E-state index contributed by atoms with van der Waals surface area (Å²) >= 11 is 5.94. The van der Waals surface area contributed by atoms with Gasteiger partial charge in [0.2, 0.25) is 0 Å². The van der Waals surface area contributed by atoms with Gasteiger partial charge in [0.15, 0.2) is 0 Å². The van der Waals surface area contributed by atoms with Crippen LogP contribution in [0.4, 0.5) is 4.79 Å². The molecule has 29 heavy (non-hydrogen) atoms. The summed E-state index contributed by atoms with van der Waals surface area (Å²) in [5.74, 6) is 0.366. The molecule has 2 aliphatic rings. The number of piperidine rings is 1. The van der Waals surface area contributed by atoms with Crippen molar-refractivity contribution in [2.45, 2.75) is 63.9 Å². The normalized spacial score (nSPS) is 22.1. The minimum atomic E-state index is -0.530. The maximum absolute atomic E-state index is 12.9. The molecular formula is C22H31ClN2O4. The van der Waals surface area contributed by atoms with Gasteiger partial charge in [-0.1, -0.05) is 30.3 Å². The number of carbonyl (C=O) groups excluding carboxylic acids is 2. The largest absolute Gasteiger partial charge is 0.444 e.